The van der Waals surface area contributed by atoms with Crippen LogP contribution >= 0.6 is 0 Å². The fourth-order valence-electron chi connectivity index (χ4n) is 8.97. The van der Waals surface area contributed by atoms with E-state index in [1.54, 1.807) is 26.8 Å². The zero-order chi connectivity index (χ0) is 33.0. The number of rotatable bonds is 3. The molecule has 0 aromatic carbocycles. The highest BCUT2D eigenvalue weighted by Crippen LogP contribution is 2.58. The average molecular weight is 632 g/mol. The third-order valence-corrected chi connectivity index (χ3v) is 11.7. The van der Waals surface area contributed by atoms with E-state index < -0.39 is 71.8 Å². The van der Waals surface area contributed by atoms with Gasteiger partial charge in [-0.3, -0.25) is 4.79 Å². The molecule has 1 saturated carbocycles. The molecular formula is C35H53NO9. The van der Waals surface area contributed by atoms with Gasteiger partial charge in [-0.1, -0.05) is 51.8 Å². The Kier molecular flexibility index (Phi) is 10.1. The SMILES string of the molecule is C/C=C(\C)[C@H](O)[C@H](O)[C@H]1[C@@H](O)[C@H](O)[C@@H](C)CCCC[C@H]2O[C@@]2(C)[C@H]2C=C[C@@H]3C[C@@H](C)C[C@@H](C)[C@@H]3[C@H]2C(O)=C2C(=O)CN1OC2=O. The van der Waals surface area contributed by atoms with Gasteiger partial charge in [0.2, 0.25) is 0 Å². The standard InChI is InChI=1S/C35H53NO9/c1-7-18(3)29(38)32(41)28-33(42)30(39)19(4)10-8-9-11-24-35(6,44-24)22-13-12-21-15-17(2)14-20(5)25(21)26(22)31(40)27-23(37)16-36(28)45-34(27)43/h7,12-13,17,19-22,24-26,28-30,32-33,38-42H,8-11,14-16H2,1-6H3/b18-7+,31-27?/t17-,19-,20+,21+,22-,24+,25-,26-,28-,29-,30+,32+,33+,35-/m0/s1. The third kappa shape index (κ3) is 6.31. The normalized spacial score (nSPS) is 46.0. The van der Waals surface area contributed by atoms with Gasteiger partial charge in [0.1, 0.15) is 35.7 Å². The molecule has 45 heavy (non-hydrogen) atoms. The summed E-state index contributed by atoms with van der Waals surface area (Å²) in [7, 11) is 0. The zero-order valence-corrected chi connectivity index (χ0v) is 27.5. The van der Waals surface area contributed by atoms with E-state index in [4.69, 9.17) is 9.57 Å². The topological polar surface area (TPSA) is 160 Å². The molecule has 0 radical (unpaired) electrons. The monoisotopic (exact) mass is 631 g/mol. The Bertz CT molecular complexity index is 1210. The fraction of sp³-hybridized carbons (Fsp3) is 0.771. The lowest BCUT2D eigenvalue weighted by Gasteiger charge is -2.48. The number of carbonyl (C=O) groups is 2. The van der Waals surface area contributed by atoms with Crippen LogP contribution in [0.4, 0.5) is 0 Å². The van der Waals surface area contributed by atoms with Gasteiger partial charge in [0, 0.05) is 11.8 Å². The lowest BCUT2D eigenvalue weighted by atomic mass is 9.56. The Morgan fingerprint density at radius 1 is 1.04 bits per heavy atom. The molecule has 6 rings (SSSR count). The van der Waals surface area contributed by atoms with Crippen molar-refractivity contribution in [2.75, 3.05) is 6.54 Å². The van der Waals surface area contributed by atoms with Crippen molar-refractivity contribution >= 4 is 11.8 Å². The molecule has 0 spiro atoms. The second-order valence-electron chi connectivity index (χ2n) is 14.9. The van der Waals surface area contributed by atoms with Crippen LogP contribution in [0, 0.1) is 41.4 Å². The predicted molar refractivity (Wildman–Crippen MR) is 166 cm³/mol. The number of aliphatic hydroxyl groups excluding tert-OH is 5. The maximum atomic E-state index is 13.9. The van der Waals surface area contributed by atoms with E-state index in [1.807, 2.05) is 0 Å². The highest BCUT2D eigenvalue weighted by Gasteiger charge is 2.62. The predicted octanol–water partition coefficient (Wildman–Crippen LogP) is 3.39. The highest BCUT2D eigenvalue weighted by molar-refractivity contribution is 6.19. The molecule has 4 aliphatic heterocycles. The third-order valence-electron chi connectivity index (χ3n) is 11.7. The Labute approximate surface area is 266 Å². The number of hydrogen-bond donors (Lipinski definition) is 5. The van der Waals surface area contributed by atoms with E-state index in [1.165, 1.54) is 0 Å². The molecule has 0 amide bonds. The number of nitrogens with zero attached hydrogens (tertiary/aromatic N) is 1. The summed E-state index contributed by atoms with van der Waals surface area (Å²) >= 11 is 0. The van der Waals surface area contributed by atoms with Crippen molar-refractivity contribution < 1.29 is 44.7 Å². The molecule has 10 heteroatoms. The average Bonchev–Trinajstić information content (AvgIpc) is 3.66. The van der Waals surface area contributed by atoms with Crippen LogP contribution in [0.3, 0.4) is 0 Å². The molecule has 0 aromatic heterocycles. The zero-order valence-electron chi connectivity index (χ0n) is 27.5. The van der Waals surface area contributed by atoms with Crippen molar-refractivity contribution in [3.63, 3.8) is 0 Å². The van der Waals surface area contributed by atoms with E-state index >= 15 is 0 Å². The minimum Gasteiger partial charge on any atom is -0.511 e. The maximum Gasteiger partial charge on any atom is 0.364 e. The van der Waals surface area contributed by atoms with Gasteiger partial charge >= 0.3 is 5.97 Å². The first-order valence-electron chi connectivity index (χ1n) is 16.9. The summed E-state index contributed by atoms with van der Waals surface area (Å²) in [5.41, 5.74) is -0.583. The number of aliphatic hydroxyl groups is 5. The largest absolute Gasteiger partial charge is 0.511 e. The summed E-state index contributed by atoms with van der Waals surface area (Å²) < 4.78 is 6.35. The van der Waals surface area contributed by atoms with Crippen molar-refractivity contribution in [3.05, 3.63) is 35.1 Å². The molecule has 252 valence electrons. The van der Waals surface area contributed by atoms with Crippen LogP contribution in [0.5, 0.6) is 0 Å². The van der Waals surface area contributed by atoms with E-state index in [0.717, 1.165) is 37.2 Å². The van der Waals surface area contributed by atoms with Gasteiger partial charge in [0.25, 0.3) is 0 Å². The number of epoxide rings is 1. The van der Waals surface area contributed by atoms with Crippen LogP contribution in [0.25, 0.3) is 0 Å². The summed E-state index contributed by atoms with van der Waals surface area (Å²) in [5, 5.41) is 57.7. The van der Waals surface area contributed by atoms with Crippen molar-refractivity contribution in [1.82, 2.24) is 5.06 Å². The van der Waals surface area contributed by atoms with Crippen molar-refractivity contribution in [2.24, 2.45) is 41.4 Å². The highest BCUT2D eigenvalue weighted by atomic mass is 16.7. The Hall–Kier alpha value is -2.08. The van der Waals surface area contributed by atoms with Gasteiger partial charge in [-0.25, -0.2) is 4.79 Å². The van der Waals surface area contributed by atoms with Gasteiger partial charge in [-0.05, 0) is 81.6 Å². The first kappa shape index (κ1) is 34.3. The first-order valence-corrected chi connectivity index (χ1v) is 16.9. The number of hydroxylamine groups is 2. The van der Waals surface area contributed by atoms with Crippen LogP contribution in [0.1, 0.15) is 80.1 Å². The minimum atomic E-state index is -1.71. The summed E-state index contributed by atoms with van der Waals surface area (Å²) in [4.78, 5) is 33.2. The molecule has 2 saturated heterocycles. The number of ketones is 1. The molecule has 3 fully saturated rings. The van der Waals surface area contributed by atoms with E-state index in [0.29, 0.717) is 17.9 Å². The Balaban J connectivity index is 1.58. The van der Waals surface area contributed by atoms with Crippen LogP contribution in [0.15, 0.2) is 35.1 Å². The van der Waals surface area contributed by atoms with Crippen molar-refractivity contribution in [2.45, 2.75) is 122 Å². The van der Waals surface area contributed by atoms with Gasteiger partial charge < -0.3 is 35.1 Å². The summed E-state index contributed by atoms with van der Waals surface area (Å²) in [6, 6.07) is -1.52. The molecule has 2 aliphatic carbocycles. The van der Waals surface area contributed by atoms with Gasteiger partial charge in [0.15, 0.2) is 5.78 Å². The second-order valence-corrected chi connectivity index (χ2v) is 14.9. The van der Waals surface area contributed by atoms with Crippen molar-refractivity contribution in [1.29, 1.82) is 0 Å². The van der Waals surface area contributed by atoms with E-state index in [2.05, 4.69) is 32.9 Å². The second kappa shape index (κ2) is 13.2. The molecule has 6 aliphatic rings. The maximum absolute atomic E-state index is 13.9. The quantitative estimate of drug-likeness (QED) is 0.178. The summed E-state index contributed by atoms with van der Waals surface area (Å²) in [6.45, 7) is 11.0. The van der Waals surface area contributed by atoms with Gasteiger partial charge in [0.05, 0.1) is 24.4 Å². The molecule has 2 bridgehead atoms. The van der Waals surface area contributed by atoms with Crippen LogP contribution < -0.4 is 0 Å². The van der Waals surface area contributed by atoms with Crippen LogP contribution in [-0.2, 0) is 19.2 Å². The lowest BCUT2D eigenvalue weighted by molar-refractivity contribution is -0.238. The van der Waals surface area contributed by atoms with Crippen LogP contribution in [0.2, 0.25) is 0 Å². The lowest BCUT2D eigenvalue weighted by Crippen LogP contribution is -2.62. The molecule has 0 aromatic rings. The Morgan fingerprint density at radius 3 is 2.40 bits per heavy atom. The summed E-state index contributed by atoms with van der Waals surface area (Å²) in [5.74, 6) is -2.34. The number of carbonyl (C=O) groups excluding carboxylic acids is 2. The fourth-order valence-corrected chi connectivity index (χ4v) is 8.97. The first-order chi connectivity index (χ1) is 21.2. The molecular weight excluding hydrogens is 578 g/mol. The molecule has 10 nitrogen and oxygen atoms in total. The number of ether oxygens (including phenoxy) is 1. The van der Waals surface area contributed by atoms with Gasteiger partial charge in [-0.15, -0.1) is 5.06 Å². The number of fused-ring (bicyclic) bond motifs is 10. The smallest absolute Gasteiger partial charge is 0.364 e. The Morgan fingerprint density at radius 2 is 1.73 bits per heavy atom. The summed E-state index contributed by atoms with van der Waals surface area (Å²) in [6.07, 6.45) is 4.64. The number of Topliss-reactive ketones (excluding diaryl/α,β-unsaturated/α-hetero) is 1. The molecule has 15 atom stereocenters. The number of hydrogen-bond acceptors (Lipinski definition) is 10. The van der Waals surface area contributed by atoms with Crippen LogP contribution in [-0.4, -0.2) is 91.1 Å². The van der Waals surface area contributed by atoms with E-state index in [9.17, 15) is 35.1 Å². The molecule has 5 N–H and O–H groups in total. The van der Waals surface area contributed by atoms with Crippen molar-refractivity contribution in [3.8, 4) is 0 Å². The molecule has 1 unspecified atom stereocenters. The van der Waals surface area contributed by atoms with Gasteiger partial charge in [-0.2, -0.15) is 0 Å². The van der Waals surface area contributed by atoms with E-state index in [-0.39, 0.29) is 35.5 Å². The molecule has 4 heterocycles. The number of allylic oxidation sites excluding steroid dienone is 3. The minimum absolute atomic E-state index is 0.00238.